The van der Waals surface area contributed by atoms with Crippen molar-refractivity contribution < 1.29 is 0 Å². The molecule has 3 rings (SSSR count). The molecule has 0 aliphatic heterocycles. The smallest absolute Gasteiger partial charge is 0.0706 e. The number of aromatic nitrogens is 2. The van der Waals surface area contributed by atoms with Crippen LogP contribution < -0.4 is 5.73 Å². The van der Waals surface area contributed by atoms with Crippen molar-refractivity contribution in [2.75, 3.05) is 0 Å². The normalized spacial score (nSPS) is 23.2. The van der Waals surface area contributed by atoms with Crippen molar-refractivity contribution in [3.63, 3.8) is 0 Å². The number of rotatable bonds is 3. The SMILES string of the molecule is N#CCCn1nc(C2CC2)c2c1CCCC2N. The topological polar surface area (TPSA) is 67.6 Å². The maximum Gasteiger partial charge on any atom is 0.0706 e. The molecule has 1 aromatic rings. The van der Waals surface area contributed by atoms with Crippen LogP contribution >= 0.6 is 0 Å². The van der Waals surface area contributed by atoms with Gasteiger partial charge in [0.15, 0.2) is 0 Å². The minimum absolute atomic E-state index is 0.171. The van der Waals surface area contributed by atoms with Crippen LogP contribution in [0.2, 0.25) is 0 Å². The highest BCUT2D eigenvalue weighted by molar-refractivity contribution is 5.36. The zero-order valence-electron chi connectivity index (χ0n) is 10.0. The Kier molecular flexibility index (Phi) is 2.64. The largest absolute Gasteiger partial charge is 0.324 e. The molecule has 0 saturated heterocycles. The van der Waals surface area contributed by atoms with Gasteiger partial charge in [-0.3, -0.25) is 4.68 Å². The minimum atomic E-state index is 0.171. The van der Waals surface area contributed by atoms with Gasteiger partial charge >= 0.3 is 0 Å². The molecule has 2 aliphatic carbocycles. The van der Waals surface area contributed by atoms with Crippen LogP contribution in [0.25, 0.3) is 0 Å². The predicted octanol–water partition coefficient (Wildman–Crippen LogP) is 2.01. The van der Waals surface area contributed by atoms with E-state index in [-0.39, 0.29) is 6.04 Å². The second-order valence-corrected chi connectivity index (χ2v) is 5.15. The molecule has 1 aromatic heterocycles. The first kappa shape index (κ1) is 10.8. The lowest BCUT2D eigenvalue weighted by molar-refractivity contribution is 0.524. The number of nitriles is 1. The molecule has 0 aromatic carbocycles. The summed E-state index contributed by atoms with van der Waals surface area (Å²) in [6.07, 6.45) is 6.36. The first-order valence-corrected chi connectivity index (χ1v) is 6.53. The lowest BCUT2D eigenvalue weighted by Gasteiger charge is -2.20. The van der Waals surface area contributed by atoms with Crippen LogP contribution in [-0.2, 0) is 13.0 Å². The van der Waals surface area contributed by atoms with Crippen molar-refractivity contribution in [1.82, 2.24) is 9.78 Å². The summed E-state index contributed by atoms with van der Waals surface area (Å²) in [5.41, 5.74) is 10.1. The van der Waals surface area contributed by atoms with Crippen molar-refractivity contribution in [3.05, 3.63) is 17.0 Å². The van der Waals surface area contributed by atoms with Crippen LogP contribution in [0.4, 0.5) is 0 Å². The summed E-state index contributed by atoms with van der Waals surface area (Å²) in [6, 6.07) is 2.37. The third kappa shape index (κ3) is 1.85. The lowest BCUT2D eigenvalue weighted by atomic mass is 9.90. The third-order valence-electron chi connectivity index (χ3n) is 3.83. The molecule has 0 amide bonds. The Morgan fingerprint density at radius 2 is 2.24 bits per heavy atom. The van der Waals surface area contributed by atoms with Crippen LogP contribution in [0, 0.1) is 11.3 Å². The molecule has 1 fully saturated rings. The van der Waals surface area contributed by atoms with Crippen molar-refractivity contribution in [2.45, 2.75) is 57.0 Å². The van der Waals surface area contributed by atoms with Gasteiger partial charge in [0.2, 0.25) is 0 Å². The fraction of sp³-hybridized carbons (Fsp3) is 0.692. The maximum absolute atomic E-state index is 8.70. The van der Waals surface area contributed by atoms with Gasteiger partial charge in [-0.05, 0) is 32.1 Å². The average Bonchev–Trinajstić information content (AvgIpc) is 3.10. The Morgan fingerprint density at radius 1 is 1.41 bits per heavy atom. The standard InChI is InChI=1S/C13H18N4/c14-7-2-8-17-11-4-1-3-10(15)12(11)13(16-17)9-5-6-9/h9-10H,1-6,8,15H2. The van der Waals surface area contributed by atoms with E-state index in [1.165, 1.54) is 29.8 Å². The van der Waals surface area contributed by atoms with Gasteiger partial charge in [0, 0.05) is 23.2 Å². The van der Waals surface area contributed by atoms with Crippen molar-refractivity contribution in [3.8, 4) is 6.07 Å². The van der Waals surface area contributed by atoms with E-state index in [2.05, 4.69) is 6.07 Å². The number of fused-ring (bicyclic) bond motifs is 1. The first-order valence-electron chi connectivity index (χ1n) is 6.53. The molecule has 1 saturated carbocycles. The van der Waals surface area contributed by atoms with Crippen LogP contribution in [0.15, 0.2) is 0 Å². The van der Waals surface area contributed by atoms with Gasteiger partial charge < -0.3 is 5.73 Å². The molecule has 4 heteroatoms. The Labute approximate surface area is 101 Å². The number of nitrogens with zero attached hydrogens (tertiary/aromatic N) is 3. The molecule has 1 heterocycles. The zero-order chi connectivity index (χ0) is 11.8. The minimum Gasteiger partial charge on any atom is -0.324 e. The monoisotopic (exact) mass is 230 g/mol. The highest BCUT2D eigenvalue weighted by Gasteiger charge is 2.34. The van der Waals surface area contributed by atoms with Gasteiger partial charge in [-0.1, -0.05) is 0 Å². The molecule has 1 unspecified atom stereocenters. The third-order valence-corrected chi connectivity index (χ3v) is 3.83. The molecule has 17 heavy (non-hydrogen) atoms. The Bertz CT molecular complexity index is 464. The fourth-order valence-electron chi connectivity index (χ4n) is 2.83. The van der Waals surface area contributed by atoms with Gasteiger partial charge in [-0.25, -0.2) is 0 Å². The number of aryl methyl sites for hydroxylation is 1. The van der Waals surface area contributed by atoms with Crippen LogP contribution in [0.1, 0.15) is 61.0 Å². The summed E-state index contributed by atoms with van der Waals surface area (Å²) >= 11 is 0. The summed E-state index contributed by atoms with van der Waals surface area (Å²) in [6.45, 7) is 0.721. The molecule has 2 N–H and O–H groups in total. The molecule has 1 atom stereocenters. The average molecular weight is 230 g/mol. The Hall–Kier alpha value is -1.34. The molecule has 4 nitrogen and oxygen atoms in total. The van der Waals surface area contributed by atoms with Crippen molar-refractivity contribution in [2.24, 2.45) is 5.73 Å². The fourth-order valence-corrected chi connectivity index (χ4v) is 2.83. The van der Waals surface area contributed by atoms with E-state index in [0.29, 0.717) is 12.3 Å². The summed E-state index contributed by atoms with van der Waals surface area (Å²) in [7, 11) is 0. The predicted molar refractivity (Wildman–Crippen MR) is 64.3 cm³/mol. The highest BCUT2D eigenvalue weighted by atomic mass is 15.3. The van der Waals surface area contributed by atoms with E-state index in [0.717, 1.165) is 25.8 Å². The Balaban J connectivity index is 1.99. The summed E-state index contributed by atoms with van der Waals surface area (Å²) in [4.78, 5) is 0. The maximum atomic E-state index is 8.70. The second-order valence-electron chi connectivity index (χ2n) is 5.15. The van der Waals surface area contributed by atoms with Gasteiger partial charge in [-0.2, -0.15) is 10.4 Å². The summed E-state index contributed by atoms with van der Waals surface area (Å²) in [5, 5.41) is 13.4. The molecule has 90 valence electrons. The van der Waals surface area contributed by atoms with E-state index in [9.17, 15) is 0 Å². The van der Waals surface area contributed by atoms with Crippen molar-refractivity contribution >= 4 is 0 Å². The van der Waals surface area contributed by atoms with E-state index < -0.39 is 0 Å². The highest BCUT2D eigenvalue weighted by Crippen LogP contribution is 2.44. The van der Waals surface area contributed by atoms with E-state index in [1.807, 2.05) is 4.68 Å². The van der Waals surface area contributed by atoms with Crippen molar-refractivity contribution in [1.29, 1.82) is 5.26 Å². The number of nitrogens with two attached hydrogens (primary N) is 1. The molecule has 2 aliphatic rings. The molecule has 0 bridgehead atoms. The second kappa shape index (κ2) is 4.15. The molecule has 0 radical (unpaired) electrons. The molecule has 0 spiro atoms. The lowest BCUT2D eigenvalue weighted by Crippen LogP contribution is -2.19. The van der Waals surface area contributed by atoms with E-state index >= 15 is 0 Å². The van der Waals surface area contributed by atoms with Crippen LogP contribution in [0.3, 0.4) is 0 Å². The zero-order valence-corrected chi connectivity index (χ0v) is 10.0. The van der Waals surface area contributed by atoms with Gasteiger partial charge in [0.25, 0.3) is 0 Å². The molecular weight excluding hydrogens is 212 g/mol. The summed E-state index contributed by atoms with van der Waals surface area (Å²) in [5.74, 6) is 0.649. The summed E-state index contributed by atoms with van der Waals surface area (Å²) < 4.78 is 2.05. The van der Waals surface area contributed by atoms with E-state index in [4.69, 9.17) is 16.1 Å². The van der Waals surface area contributed by atoms with E-state index in [1.54, 1.807) is 0 Å². The first-order chi connectivity index (χ1) is 8.31. The number of hydrogen-bond acceptors (Lipinski definition) is 3. The van der Waals surface area contributed by atoms with Gasteiger partial charge in [-0.15, -0.1) is 0 Å². The van der Waals surface area contributed by atoms with Gasteiger partial charge in [0.05, 0.1) is 24.7 Å². The van der Waals surface area contributed by atoms with Crippen LogP contribution in [0.5, 0.6) is 0 Å². The van der Waals surface area contributed by atoms with Gasteiger partial charge in [0.1, 0.15) is 0 Å². The Morgan fingerprint density at radius 3 is 2.94 bits per heavy atom. The molecular formula is C13H18N4. The number of hydrogen-bond donors (Lipinski definition) is 1. The van der Waals surface area contributed by atoms with Crippen LogP contribution in [-0.4, -0.2) is 9.78 Å². The quantitative estimate of drug-likeness (QED) is 0.863.